The normalized spacial score (nSPS) is 13.1. The van der Waals surface area contributed by atoms with E-state index in [1.807, 2.05) is 16.1 Å². The molecule has 0 aromatic carbocycles. The van der Waals surface area contributed by atoms with E-state index in [4.69, 9.17) is 11.6 Å². The zero-order chi connectivity index (χ0) is 13.8. The number of rotatable bonds is 6. The highest BCUT2D eigenvalue weighted by Crippen LogP contribution is 2.30. The fraction of sp³-hybridized carbons (Fsp3) is 0.538. The van der Waals surface area contributed by atoms with Crippen LogP contribution in [0.3, 0.4) is 0 Å². The molecule has 2 aromatic heterocycles. The molecule has 1 N–H and O–H groups in total. The zero-order valence-corrected chi connectivity index (χ0v) is 13.0. The maximum Gasteiger partial charge on any atom is 0.138 e. The Morgan fingerprint density at radius 3 is 2.84 bits per heavy atom. The van der Waals surface area contributed by atoms with Gasteiger partial charge in [0.2, 0.25) is 0 Å². The first-order valence-corrected chi connectivity index (χ1v) is 7.73. The van der Waals surface area contributed by atoms with Gasteiger partial charge in [-0.15, -0.1) is 11.3 Å². The number of likely N-dealkylation sites (N-methyl/N-ethyl adjacent to an activating group) is 1. The van der Waals surface area contributed by atoms with E-state index in [9.17, 15) is 0 Å². The van der Waals surface area contributed by atoms with Gasteiger partial charge in [-0.3, -0.25) is 0 Å². The molecule has 0 aliphatic heterocycles. The van der Waals surface area contributed by atoms with Crippen molar-refractivity contribution in [1.82, 2.24) is 20.1 Å². The summed E-state index contributed by atoms with van der Waals surface area (Å²) < 4.78 is 1.96. The third-order valence-corrected chi connectivity index (χ3v) is 4.41. The molecule has 0 spiro atoms. The molecule has 2 rings (SSSR count). The standard InChI is InChI=1S/C13H19ClN4S/c1-4-15-11(13-10(14)5-6-19-13)7-12-16-8-17-18(12)9(2)3/h5-6,8-9,11,15H,4,7H2,1-3H3. The molecular weight excluding hydrogens is 280 g/mol. The molecule has 1 unspecified atom stereocenters. The van der Waals surface area contributed by atoms with E-state index in [0.717, 1.165) is 23.8 Å². The highest BCUT2D eigenvalue weighted by atomic mass is 35.5. The summed E-state index contributed by atoms with van der Waals surface area (Å²) in [5.74, 6) is 0.991. The molecule has 0 saturated carbocycles. The Bertz CT molecular complexity index is 520. The predicted molar refractivity (Wildman–Crippen MR) is 79.9 cm³/mol. The molecule has 104 valence electrons. The minimum Gasteiger partial charge on any atom is -0.309 e. The van der Waals surface area contributed by atoms with Crippen molar-refractivity contribution < 1.29 is 0 Å². The average Bonchev–Trinajstić information content (AvgIpc) is 2.97. The summed E-state index contributed by atoms with van der Waals surface area (Å²) in [5.41, 5.74) is 0. The molecule has 0 saturated heterocycles. The summed E-state index contributed by atoms with van der Waals surface area (Å²) >= 11 is 7.92. The van der Waals surface area contributed by atoms with Gasteiger partial charge in [0.25, 0.3) is 0 Å². The van der Waals surface area contributed by atoms with Crippen LogP contribution in [0.5, 0.6) is 0 Å². The van der Waals surface area contributed by atoms with Gasteiger partial charge < -0.3 is 5.32 Å². The average molecular weight is 299 g/mol. The van der Waals surface area contributed by atoms with E-state index in [1.165, 1.54) is 4.88 Å². The van der Waals surface area contributed by atoms with E-state index in [2.05, 4.69) is 36.2 Å². The quantitative estimate of drug-likeness (QED) is 0.888. The molecular formula is C13H19ClN4S. The van der Waals surface area contributed by atoms with Crippen LogP contribution in [-0.4, -0.2) is 21.3 Å². The Morgan fingerprint density at radius 2 is 2.26 bits per heavy atom. The van der Waals surface area contributed by atoms with Crippen molar-refractivity contribution in [3.05, 3.63) is 33.5 Å². The van der Waals surface area contributed by atoms with Crippen LogP contribution in [0.4, 0.5) is 0 Å². The Kier molecular flexibility index (Phi) is 4.96. The van der Waals surface area contributed by atoms with Gasteiger partial charge in [0.05, 0.1) is 11.1 Å². The van der Waals surface area contributed by atoms with Gasteiger partial charge in [-0.05, 0) is 31.8 Å². The Labute approximate surface area is 122 Å². The molecule has 6 heteroatoms. The van der Waals surface area contributed by atoms with Gasteiger partial charge in [0, 0.05) is 17.3 Å². The highest BCUT2D eigenvalue weighted by molar-refractivity contribution is 7.10. The Balaban J connectivity index is 2.22. The van der Waals surface area contributed by atoms with Crippen molar-refractivity contribution >= 4 is 22.9 Å². The van der Waals surface area contributed by atoms with Crippen molar-refractivity contribution in [1.29, 1.82) is 0 Å². The third-order valence-electron chi connectivity index (χ3n) is 2.93. The van der Waals surface area contributed by atoms with E-state index in [-0.39, 0.29) is 6.04 Å². The summed E-state index contributed by atoms with van der Waals surface area (Å²) in [6.07, 6.45) is 2.42. The topological polar surface area (TPSA) is 42.7 Å². The van der Waals surface area contributed by atoms with Crippen LogP contribution >= 0.6 is 22.9 Å². The van der Waals surface area contributed by atoms with Crippen LogP contribution in [-0.2, 0) is 6.42 Å². The maximum atomic E-state index is 6.24. The number of aromatic nitrogens is 3. The lowest BCUT2D eigenvalue weighted by atomic mass is 10.1. The lowest BCUT2D eigenvalue weighted by Gasteiger charge is -2.18. The van der Waals surface area contributed by atoms with Gasteiger partial charge in [-0.25, -0.2) is 9.67 Å². The number of nitrogens with zero attached hydrogens (tertiary/aromatic N) is 3. The maximum absolute atomic E-state index is 6.24. The van der Waals surface area contributed by atoms with Crippen LogP contribution in [0.2, 0.25) is 5.02 Å². The van der Waals surface area contributed by atoms with Crippen LogP contribution < -0.4 is 5.32 Å². The third kappa shape index (κ3) is 3.35. The summed E-state index contributed by atoms with van der Waals surface area (Å²) in [6, 6.07) is 2.46. The molecule has 0 bridgehead atoms. The molecule has 1 atom stereocenters. The van der Waals surface area contributed by atoms with Crippen LogP contribution in [0.1, 0.15) is 43.6 Å². The monoisotopic (exact) mass is 298 g/mol. The zero-order valence-electron chi connectivity index (χ0n) is 11.4. The van der Waals surface area contributed by atoms with Crippen molar-refractivity contribution in [2.75, 3.05) is 6.54 Å². The summed E-state index contributed by atoms with van der Waals surface area (Å²) in [4.78, 5) is 5.54. The van der Waals surface area contributed by atoms with Crippen molar-refractivity contribution in [2.45, 2.75) is 39.3 Å². The van der Waals surface area contributed by atoms with Gasteiger partial charge in [-0.2, -0.15) is 5.10 Å². The number of halogens is 1. The van der Waals surface area contributed by atoms with Crippen LogP contribution in [0, 0.1) is 0 Å². The Hall–Kier alpha value is -0.910. The minimum atomic E-state index is 0.194. The van der Waals surface area contributed by atoms with E-state index < -0.39 is 0 Å². The number of hydrogen-bond donors (Lipinski definition) is 1. The SMILES string of the molecule is CCNC(Cc1ncnn1C(C)C)c1sccc1Cl. The molecule has 2 aromatic rings. The lowest BCUT2D eigenvalue weighted by molar-refractivity contribution is 0.471. The van der Waals surface area contributed by atoms with Crippen molar-refractivity contribution in [3.63, 3.8) is 0 Å². The smallest absolute Gasteiger partial charge is 0.138 e. The highest BCUT2D eigenvalue weighted by Gasteiger charge is 2.19. The summed E-state index contributed by atoms with van der Waals surface area (Å²) in [6.45, 7) is 7.22. The fourth-order valence-electron chi connectivity index (χ4n) is 2.09. The minimum absolute atomic E-state index is 0.194. The first-order valence-electron chi connectivity index (χ1n) is 6.48. The molecule has 0 fully saturated rings. The number of nitrogens with one attached hydrogen (secondary N) is 1. The second-order valence-electron chi connectivity index (χ2n) is 4.66. The van der Waals surface area contributed by atoms with Crippen molar-refractivity contribution in [2.24, 2.45) is 0 Å². The van der Waals surface area contributed by atoms with E-state index >= 15 is 0 Å². The largest absolute Gasteiger partial charge is 0.309 e. The molecule has 0 aliphatic carbocycles. The first-order chi connectivity index (χ1) is 9.13. The summed E-state index contributed by atoms with van der Waals surface area (Å²) in [5, 5.41) is 10.6. The van der Waals surface area contributed by atoms with Gasteiger partial charge in [0.15, 0.2) is 0 Å². The molecule has 2 heterocycles. The van der Waals surface area contributed by atoms with Gasteiger partial charge in [-0.1, -0.05) is 18.5 Å². The van der Waals surface area contributed by atoms with Crippen LogP contribution in [0.15, 0.2) is 17.8 Å². The Morgan fingerprint density at radius 1 is 1.47 bits per heavy atom. The molecule has 0 radical (unpaired) electrons. The van der Waals surface area contributed by atoms with Gasteiger partial charge in [0.1, 0.15) is 12.2 Å². The lowest BCUT2D eigenvalue weighted by Crippen LogP contribution is -2.24. The second-order valence-corrected chi connectivity index (χ2v) is 6.02. The first kappa shape index (κ1) is 14.5. The fourth-order valence-corrected chi connectivity index (χ4v) is 3.36. The number of thiophene rings is 1. The second kappa shape index (κ2) is 6.50. The van der Waals surface area contributed by atoms with Gasteiger partial charge >= 0.3 is 0 Å². The van der Waals surface area contributed by atoms with E-state index in [1.54, 1.807) is 17.7 Å². The molecule has 4 nitrogen and oxygen atoms in total. The molecule has 0 amide bonds. The summed E-state index contributed by atoms with van der Waals surface area (Å²) in [7, 11) is 0. The van der Waals surface area contributed by atoms with E-state index in [0.29, 0.717) is 6.04 Å². The van der Waals surface area contributed by atoms with Crippen LogP contribution in [0.25, 0.3) is 0 Å². The number of hydrogen-bond acceptors (Lipinski definition) is 4. The molecule has 0 aliphatic rings. The predicted octanol–water partition coefficient (Wildman–Crippen LogP) is 3.47. The molecule has 19 heavy (non-hydrogen) atoms. The van der Waals surface area contributed by atoms with Crippen molar-refractivity contribution in [3.8, 4) is 0 Å².